The standard InChI is InChI=1S/C20H22ClN5O/c1-3-4-13-26-20(21)16(15(2)24-26)10-11-19(27)23-17-8-5-6-9-18(17)25-14-7-12-22-25/h5-12,14H,3-4,13H2,1-2H3,(H,23,27)/b11-10+. The molecule has 27 heavy (non-hydrogen) atoms. The van der Waals surface area contributed by atoms with Gasteiger partial charge >= 0.3 is 0 Å². The first-order chi connectivity index (χ1) is 13.1. The van der Waals surface area contributed by atoms with Crippen molar-refractivity contribution in [1.82, 2.24) is 19.6 Å². The molecule has 6 nitrogen and oxygen atoms in total. The van der Waals surface area contributed by atoms with Gasteiger partial charge in [0, 0.05) is 30.6 Å². The number of nitrogens with one attached hydrogen (secondary N) is 1. The molecule has 3 rings (SSSR count). The Balaban J connectivity index is 1.75. The Bertz CT molecular complexity index is 943. The van der Waals surface area contributed by atoms with Crippen molar-refractivity contribution in [3.63, 3.8) is 0 Å². The van der Waals surface area contributed by atoms with E-state index in [1.807, 2.05) is 43.5 Å². The number of unbranched alkanes of at least 4 members (excludes halogenated alkanes) is 1. The van der Waals surface area contributed by atoms with Crippen LogP contribution in [0.5, 0.6) is 0 Å². The van der Waals surface area contributed by atoms with Crippen LogP contribution in [0.4, 0.5) is 5.69 Å². The molecule has 2 aromatic heterocycles. The van der Waals surface area contributed by atoms with Crippen molar-refractivity contribution in [1.29, 1.82) is 0 Å². The number of carbonyl (C=O) groups is 1. The fourth-order valence-corrected chi connectivity index (χ4v) is 3.06. The lowest BCUT2D eigenvalue weighted by Gasteiger charge is -2.09. The van der Waals surface area contributed by atoms with Crippen LogP contribution < -0.4 is 5.32 Å². The van der Waals surface area contributed by atoms with Crippen molar-refractivity contribution in [2.75, 3.05) is 5.32 Å². The number of anilines is 1. The summed E-state index contributed by atoms with van der Waals surface area (Å²) in [5.74, 6) is -0.244. The zero-order chi connectivity index (χ0) is 19.2. The Morgan fingerprint density at radius 3 is 2.85 bits per heavy atom. The van der Waals surface area contributed by atoms with E-state index in [9.17, 15) is 4.79 Å². The highest BCUT2D eigenvalue weighted by Gasteiger charge is 2.11. The highest BCUT2D eigenvalue weighted by molar-refractivity contribution is 6.31. The van der Waals surface area contributed by atoms with Gasteiger partial charge in [0.25, 0.3) is 0 Å². The van der Waals surface area contributed by atoms with Crippen LogP contribution in [0.3, 0.4) is 0 Å². The second-order valence-electron chi connectivity index (χ2n) is 6.16. The highest BCUT2D eigenvalue weighted by atomic mass is 35.5. The third kappa shape index (κ3) is 4.46. The average Bonchev–Trinajstić information content (AvgIpc) is 3.28. The number of para-hydroxylation sites is 2. The molecule has 7 heteroatoms. The molecule has 0 radical (unpaired) electrons. The van der Waals surface area contributed by atoms with Gasteiger partial charge in [-0.05, 0) is 37.6 Å². The number of hydrogen-bond donors (Lipinski definition) is 1. The lowest BCUT2D eigenvalue weighted by molar-refractivity contribution is -0.111. The maximum absolute atomic E-state index is 12.4. The van der Waals surface area contributed by atoms with Crippen LogP contribution in [-0.4, -0.2) is 25.5 Å². The molecule has 1 N–H and O–H groups in total. The number of nitrogens with zero attached hydrogens (tertiary/aromatic N) is 4. The molecule has 0 aliphatic carbocycles. The molecule has 0 unspecified atom stereocenters. The first-order valence-electron chi connectivity index (χ1n) is 8.91. The molecule has 0 saturated heterocycles. The Labute approximate surface area is 163 Å². The lowest BCUT2D eigenvalue weighted by atomic mass is 10.2. The van der Waals surface area contributed by atoms with Gasteiger partial charge in [-0.2, -0.15) is 10.2 Å². The maximum atomic E-state index is 12.4. The molecule has 1 aromatic carbocycles. The van der Waals surface area contributed by atoms with Crippen LogP contribution in [0.25, 0.3) is 11.8 Å². The molecule has 0 aliphatic heterocycles. The fraction of sp³-hybridized carbons (Fsp3) is 0.250. The second-order valence-corrected chi connectivity index (χ2v) is 6.51. The van der Waals surface area contributed by atoms with Gasteiger partial charge in [-0.15, -0.1) is 0 Å². The van der Waals surface area contributed by atoms with E-state index >= 15 is 0 Å². The van der Waals surface area contributed by atoms with E-state index in [1.165, 1.54) is 6.08 Å². The summed E-state index contributed by atoms with van der Waals surface area (Å²) in [6.45, 7) is 4.78. The molecule has 1 amide bonds. The largest absolute Gasteiger partial charge is 0.321 e. The molecule has 2 heterocycles. The minimum absolute atomic E-state index is 0.244. The van der Waals surface area contributed by atoms with Gasteiger partial charge in [-0.1, -0.05) is 37.1 Å². The van der Waals surface area contributed by atoms with Crippen molar-refractivity contribution < 1.29 is 4.79 Å². The van der Waals surface area contributed by atoms with E-state index in [1.54, 1.807) is 21.6 Å². The number of halogens is 1. The fourth-order valence-electron chi connectivity index (χ4n) is 2.74. The minimum atomic E-state index is -0.244. The average molecular weight is 384 g/mol. The number of aromatic nitrogens is 4. The zero-order valence-corrected chi connectivity index (χ0v) is 16.1. The van der Waals surface area contributed by atoms with Gasteiger partial charge in [0.05, 0.1) is 17.1 Å². The van der Waals surface area contributed by atoms with Gasteiger partial charge in [-0.3, -0.25) is 9.48 Å². The number of hydrogen-bond acceptors (Lipinski definition) is 3. The number of amides is 1. The summed E-state index contributed by atoms with van der Waals surface area (Å²) in [5.41, 5.74) is 3.04. The monoisotopic (exact) mass is 383 g/mol. The molecule has 0 aliphatic rings. The topological polar surface area (TPSA) is 64.7 Å². The summed E-state index contributed by atoms with van der Waals surface area (Å²) in [5, 5.41) is 12.1. The second kappa shape index (κ2) is 8.68. The van der Waals surface area contributed by atoms with Crippen LogP contribution in [0.2, 0.25) is 5.15 Å². The van der Waals surface area contributed by atoms with Gasteiger partial charge in [0.2, 0.25) is 5.91 Å². The van der Waals surface area contributed by atoms with Crippen LogP contribution in [-0.2, 0) is 11.3 Å². The third-order valence-electron chi connectivity index (χ3n) is 4.15. The lowest BCUT2D eigenvalue weighted by Crippen LogP contribution is -2.10. The predicted molar refractivity (Wildman–Crippen MR) is 108 cm³/mol. The molecule has 0 fully saturated rings. The summed E-state index contributed by atoms with van der Waals surface area (Å²) < 4.78 is 3.49. The molecule has 0 spiro atoms. The van der Waals surface area contributed by atoms with E-state index in [2.05, 4.69) is 22.4 Å². The van der Waals surface area contributed by atoms with Crippen molar-refractivity contribution in [2.24, 2.45) is 0 Å². The normalized spacial score (nSPS) is 11.2. The predicted octanol–water partition coefficient (Wildman–Crippen LogP) is 4.48. The van der Waals surface area contributed by atoms with Crippen molar-refractivity contribution in [2.45, 2.75) is 33.2 Å². The summed E-state index contributed by atoms with van der Waals surface area (Å²) >= 11 is 6.41. The van der Waals surface area contributed by atoms with Crippen LogP contribution in [0, 0.1) is 6.92 Å². The number of rotatable bonds is 7. The van der Waals surface area contributed by atoms with E-state index in [0.29, 0.717) is 10.8 Å². The Morgan fingerprint density at radius 2 is 2.11 bits per heavy atom. The number of benzene rings is 1. The van der Waals surface area contributed by atoms with Crippen LogP contribution in [0.1, 0.15) is 31.0 Å². The quantitative estimate of drug-likeness (QED) is 0.611. The SMILES string of the molecule is CCCCn1nc(C)c(/C=C/C(=O)Nc2ccccc2-n2cccn2)c1Cl. The number of aryl methyl sites for hydroxylation is 2. The summed E-state index contributed by atoms with van der Waals surface area (Å²) in [7, 11) is 0. The molecule has 3 aromatic rings. The molecule has 140 valence electrons. The van der Waals surface area contributed by atoms with Gasteiger partial charge in [-0.25, -0.2) is 4.68 Å². The Kier molecular flexibility index (Phi) is 6.08. The van der Waals surface area contributed by atoms with E-state index in [-0.39, 0.29) is 5.91 Å². The van der Waals surface area contributed by atoms with Crippen LogP contribution in [0.15, 0.2) is 48.8 Å². The van der Waals surface area contributed by atoms with E-state index in [4.69, 9.17) is 11.6 Å². The van der Waals surface area contributed by atoms with Gasteiger partial charge in [0.1, 0.15) is 5.15 Å². The summed E-state index contributed by atoms with van der Waals surface area (Å²) in [4.78, 5) is 12.4. The smallest absolute Gasteiger partial charge is 0.248 e. The van der Waals surface area contributed by atoms with Crippen LogP contribution >= 0.6 is 11.6 Å². The maximum Gasteiger partial charge on any atom is 0.248 e. The summed E-state index contributed by atoms with van der Waals surface area (Å²) in [6.07, 6.45) is 8.78. The molecule has 0 saturated carbocycles. The highest BCUT2D eigenvalue weighted by Crippen LogP contribution is 2.22. The van der Waals surface area contributed by atoms with Gasteiger partial charge < -0.3 is 5.32 Å². The molecular weight excluding hydrogens is 362 g/mol. The van der Waals surface area contributed by atoms with Crippen molar-refractivity contribution in [3.8, 4) is 5.69 Å². The summed E-state index contributed by atoms with van der Waals surface area (Å²) in [6, 6.07) is 9.33. The third-order valence-corrected chi connectivity index (χ3v) is 4.55. The van der Waals surface area contributed by atoms with Gasteiger partial charge in [0.15, 0.2) is 0 Å². The first-order valence-corrected chi connectivity index (χ1v) is 9.29. The van der Waals surface area contributed by atoms with Crippen molar-refractivity contribution >= 4 is 29.3 Å². The Hall–Kier alpha value is -2.86. The van der Waals surface area contributed by atoms with E-state index in [0.717, 1.165) is 36.3 Å². The van der Waals surface area contributed by atoms with E-state index < -0.39 is 0 Å². The minimum Gasteiger partial charge on any atom is -0.321 e. The number of carbonyl (C=O) groups excluding carboxylic acids is 1. The molecular formula is C20H22ClN5O. The first kappa shape index (κ1) is 18.9. The molecule has 0 bridgehead atoms. The molecule has 0 atom stereocenters. The zero-order valence-electron chi connectivity index (χ0n) is 15.4. The van der Waals surface area contributed by atoms with Crippen molar-refractivity contribution in [3.05, 3.63) is 65.2 Å². The Morgan fingerprint density at radius 1 is 1.30 bits per heavy atom.